The van der Waals surface area contributed by atoms with Gasteiger partial charge in [-0.3, -0.25) is 0 Å². The van der Waals surface area contributed by atoms with Crippen molar-refractivity contribution in [1.82, 2.24) is 4.57 Å². The quantitative estimate of drug-likeness (QED) is 0.848. The fourth-order valence-corrected chi connectivity index (χ4v) is 2.98. The number of benzene rings is 1. The third-order valence-electron chi connectivity index (χ3n) is 3.84. The summed E-state index contributed by atoms with van der Waals surface area (Å²) in [7, 11) is 0. The molecule has 3 nitrogen and oxygen atoms in total. The van der Waals surface area contributed by atoms with Gasteiger partial charge in [-0.15, -0.1) is 0 Å². The number of nitrogens with zero attached hydrogens (tertiary/aromatic N) is 2. The van der Waals surface area contributed by atoms with E-state index in [1.807, 2.05) is 37.3 Å². The fraction of sp³-hybridized carbons (Fsp3) is 0.312. The lowest BCUT2D eigenvalue weighted by Crippen LogP contribution is -2.12. The molecule has 2 aromatic rings. The van der Waals surface area contributed by atoms with Crippen LogP contribution in [-0.2, 0) is 6.42 Å². The second-order valence-electron chi connectivity index (χ2n) is 5.06. The van der Waals surface area contributed by atoms with Crippen LogP contribution in [0.2, 0.25) is 0 Å². The molecule has 19 heavy (non-hydrogen) atoms. The smallest absolute Gasteiger partial charge is 0.101 e. The maximum Gasteiger partial charge on any atom is 0.101 e. The van der Waals surface area contributed by atoms with Gasteiger partial charge in [0.15, 0.2) is 0 Å². The fourth-order valence-electron chi connectivity index (χ4n) is 2.98. The van der Waals surface area contributed by atoms with Crippen LogP contribution in [0.25, 0.3) is 5.69 Å². The van der Waals surface area contributed by atoms with Crippen molar-refractivity contribution in [2.24, 2.45) is 0 Å². The molecule has 1 heterocycles. The molecule has 1 N–H and O–H groups in total. The van der Waals surface area contributed by atoms with E-state index in [1.165, 1.54) is 0 Å². The SMILES string of the molecule is Cc1cc2c(n1-c1ccccc1C#N)CCCC2O. The van der Waals surface area contributed by atoms with Gasteiger partial charge >= 0.3 is 0 Å². The summed E-state index contributed by atoms with van der Waals surface area (Å²) >= 11 is 0. The van der Waals surface area contributed by atoms with Crippen LogP contribution in [0.5, 0.6) is 0 Å². The van der Waals surface area contributed by atoms with Crippen molar-refractivity contribution in [2.75, 3.05) is 0 Å². The predicted molar refractivity (Wildman–Crippen MR) is 73.1 cm³/mol. The van der Waals surface area contributed by atoms with E-state index in [0.717, 1.165) is 41.9 Å². The minimum atomic E-state index is -0.363. The van der Waals surface area contributed by atoms with Crippen LogP contribution >= 0.6 is 0 Å². The second-order valence-corrected chi connectivity index (χ2v) is 5.06. The molecular weight excluding hydrogens is 236 g/mol. The van der Waals surface area contributed by atoms with Crippen LogP contribution in [0, 0.1) is 18.3 Å². The number of para-hydroxylation sites is 1. The molecule has 0 spiro atoms. The molecule has 1 aliphatic carbocycles. The zero-order valence-corrected chi connectivity index (χ0v) is 10.9. The zero-order chi connectivity index (χ0) is 13.4. The Morgan fingerprint density at radius 2 is 2.16 bits per heavy atom. The first-order valence-corrected chi connectivity index (χ1v) is 6.61. The Bertz CT molecular complexity index is 664. The number of hydrogen-bond acceptors (Lipinski definition) is 2. The van der Waals surface area contributed by atoms with E-state index in [0.29, 0.717) is 5.56 Å². The Morgan fingerprint density at radius 3 is 2.95 bits per heavy atom. The van der Waals surface area contributed by atoms with Crippen molar-refractivity contribution < 1.29 is 5.11 Å². The summed E-state index contributed by atoms with van der Waals surface area (Å²) in [6.07, 6.45) is 2.42. The van der Waals surface area contributed by atoms with E-state index >= 15 is 0 Å². The number of aliphatic hydroxyl groups excluding tert-OH is 1. The summed E-state index contributed by atoms with van der Waals surface area (Å²) in [6, 6.07) is 11.9. The molecule has 96 valence electrons. The van der Waals surface area contributed by atoms with Crippen LogP contribution in [0.1, 0.15) is 41.5 Å². The average Bonchev–Trinajstić information content (AvgIpc) is 2.76. The van der Waals surface area contributed by atoms with Gasteiger partial charge in [-0.05, 0) is 44.4 Å². The highest BCUT2D eigenvalue weighted by atomic mass is 16.3. The summed E-state index contributed by atoms with van der Waals surface area (Å²) in [5.41, 5.74) is 4.84. The minimum absolute atomic E-state index is 0.363. The van der Waals surface area contributed by atoms with Crippen molar-refractivity contribution >= 4 is 0 Å². The van der Waals surface area contributed by atoms with E-state index in [9.17, 15) is 10.4 Å². The van der Waals surface area contributed by atoms with Gasteiger partial charge < -0.3 is 9.67 Å². The van der Waals surface area contributed by atoms with Gasteiger partial charge in [0, 0.05) is 17.0 Å². The van der Waals surface area contributed by atoms with E-state index < -0.39 is 0 Å². The summed E-state index contributed by atoms with van der Waals surface area (Å²) in [4.78, 5) is 0. The molecule has 0 saturated heterocycles. The number of aliphatic hydroxyl groups is 1. The van der Waals surface area contributed by atoms with Gasteiger partial charge in [0.2, 0.25) is 0 Å². The van der Waals surface area contributed by atoms with E-state index in [-0.39, 0.29) is 6.10 Å². The molecule has 3 heteroatoms. The first-order chi connectivity index (χ1) is 9.22. The number of aryl methyl sites for hydroxylation is 1. The Hall–Kier alpha value is -2.05. The Balaban J connectivity index is 2.24. The highest BCUT2D eigenvalue weighted by Crippen LogP contribution is 2.34. The monoisotopic (exact) mass is 252 g/mol. The maximum atomic E-state index is 10.1. The topological polar surface area (TPSA) is 49.0 Å². The molecule has 3 rings (SSSR count). The summed E-state index contributed by atoms with van der Waals surface area (Å²) in [5.74, 6) is 0. The van der Waals surface area contributed by atoms with Crippen LogP contribution in [0.4, 0.5) is 0 Å². The van der Waals surface area contributed by atoms with Gasteiger partial charge in [0.25, 0.3) is 0 Å². The number of aromatic nitrogens is 1. The molecule has 0 radical (unpaired) electrons. The lowest BCUT2D eigenvalue weighted by atomic mass is 9.95. The molecule has 0 bridgehead atoms. The van der Waals surface area contributed by atoms with Crippen LogP contribution in [0.15, 0.2) is 30.3 Å². The molecule has 0 aliphatic heterocycles. The lowest BCUT2D eigenvalue weighted by Gasteiger charge is -2.21. The van der Waals surface area contributed by atoms with Crippen LogP contribution in [-0.4, -0.2) is 9.67 Å². The van der Waals surface area contributed by atoms with Crippen LogP contribution < -0.4 is 0 Å². The Labute approximate surface area is 112 Å². The van der Waals surface area contributed by atoms with Crippen molar-refractivity contribution in [1.29, 1.82) is 5.26 Å². The summed E-state index contributed by atoms with van der Waals surface area (Å²) < 4.78 is 2.12. The largest absolute Gasteiger partial charge is 0.388 e. The lowest BCUT2D eigenvalue weighted by molar-refractivity contribution is 0.156. The number of fused-ring (bicyclic) bond motifs is 1. The highest BCUT2D eigenvalue weighted by Gasteiger charge is 2.24. The highest BCUT2D eigenvalue weighted by molar-refractivity contribution is 5.52. The maximum absolute atomic E-state index is 10.1. The molecule has 0 fully saturated rings. The van der Waals surface area contributed by atoms with Crippen LogP contribution in [0.3, 0.4) is 0 Å². The van der Waals surface area contributed by atoms with Gasteiger partial charge in [-0.2, -0.15) is 5.26 Å². The standard InChI is InChI=1S/C16H16N2O/c1-11-9-13-15(7-4-8-16(13)19)18(11)14-6-3-2-5-12(14)10-17/h2-3,5-6,9,16,19H,4,7-8H2,1H3. The third-order valence-corrected chi connectivity index (χ3v) is 3.84. The molecule has 1 aromatic carbocycles. The van der Waals surface area contributed by atoms with Gasteiger partial charge in [-0.1, -0.05) is 12.1 Å². The van der Waals surface area contributed by atoms with Gasteiger partial charge in [0.05, 0.1) is 17.4 Å². The normalized spacial score (nSPS) is 17.8. The molecule has 1 aromatic heterocycles. The van der Waals surface area contributed by atoms with E-state index in [4.69, 9.17) is 0 Å². The van der Waals surface area contributed by atoms with Crippen molar-refractivity contribution in [3.8, 4) is 11.8 Å². The Kier molecular flexibility index (Phi) is 2.88. The first kappa shape index (κ1) is 12.0. The van der Waals surface area contributed by atoms with Gasteiger partial charge in [-0.25, -0.2) is 0 Å². The molecule has 1 unspecified atom stereocenters. The van der Waals surface area contributed by atoms with Crippen molar-refractivity contribution in [3.63, 3.8) is 0 Å². The molecule has 1 aliphatic rings. The number of hydrogen-bond donors (Lipinski definition) is 1. The molecular formula is C16H16N2O. The van der Waals surface area contributed by atoms with Gasteiger partial charge in [0.1, 0.15) is 6.07 Å². The second kappa shape index (κ2) is 4.56. The van der Waals surface area contributed by atoms with Crippen molar-refractivity contribution in [3.05, 3.63) is 52.8 Å². The minimum Gasteiger partial charge on any atom is -0.388 e. The molecule has 1 atom stereocenters. The Morgan fingerprint density at radius 1 is 1.37 bits per heavy atom. The predicted octanol–water partition coefficient (Wildman–Crippen LogP) is 3.03. The third kappa shape index (κ3) is 1.85. The zero-order valence-electron chi connectivity index (χ0n) is 10.9. The van der Waals surface area contributed by atoms with E-state index in [1.54, 1.807) is 0 Å². The van der Waals surface area contributed by atoms with E-state index in [2.05, 4.69) is 10.6 Å². The molecule has 0 amide bonds. The first-order valence-electron chi connectivity index (χ1n) is 6.61. The van der Waals surface area contributed by atoms with Crippen molar-refractivity contribution in [2.45, 2.75) is 32.3 Å². The number of nitriles is 1. The average molecular weight is 252 g/mol. The summed E-state index contributed by atoms with van der Waals surface area (Å²) in [5, 5.41) is 19.3. The molecule has 0 saturated carbocycles. The summed E-state index contributed by atoms with van der Waals surface area (Å²) in [6.45, 7) is 2.03. The number of rotatable bonds is 1.